The first-order valence-electron chi connectivity index (χ1n) is 16.3. The number of rotatable bonds is 2. The molecule has 2 unspecified atom stereocenters. The van der Waals surface area contributed by atoms with Crippen molar-refractivity contribution in [2.45, 2.75) is 53.1 Å². The lowest BCUT2D eigenvalue weighted by molar-refractivity contribution is 1.45. The van der Waals surface area contributed by atoms with E-state index >= 15 is 0 Å². The second kappa shape index (κ2) is 11.8. The lowest BCUT2D eigenvalue weighted by Crippen LogP contribution is -2.35. The summed E-state index contributed by atoms with van der Waals surface area (Å²) in [6.07, 6.45) is 0. The average Bonchev–Trinajstić information content (AvgIpc) is 2.98. The standard InChI is InChI=1S/C40H44N2P2Si2/c1-27-17-19-37-33(21-27)41-34-22-28(2)18-20-38(34)44(46(6,7)8)40-26-32-16-12-10-14-30(32)24-36(40)42-35-23-29-13-9-11-15-31(29)25-39(35)43(37)45(3,4)5/h9-26,41-42H,1-8H3. The second-order valence-electron chi connectivity index (χ2n) is 14.7. The molecule has 232 valence electrons. The van der Waals surface area contributed by atoms with Gasteiger partial charge in [0, 0.05) is 33.4 Å². The van der Waals surface area contributed by atoms with E-state index in [1.165, 1.54) is 76.6 Å². The summed E-state index contributed by atoms with van der Waals surface area (Å²) in [5.41, 5.74) is 7.63. The Kier molecular flexibility index (Phi) is 8.01. The zero-order valence-electron chi connectivity index (χ0n) is 28.3. The number of nitrogens with one attached hydrogen (secondary N) is 2. The third-order valence-corrected chi connectivity index (χ3v) is 25.9. The molecule has 6 aromatic rings. The Bertz CT molecular complexity index is 1980. The minimum absolute atomic E-state index is 0.650. The van der Waals surface area contributed by atoms with Crippen LogP contribution in [0.4, 0.5) is 22.7 Å². The van der Waals surface area contributed by atoms with E-state index in [9.17, 15) is 0 Å². The normalized spacial score (nSPS) is 16.6. The van der Waals surface area contributed by atoms with Crippen molar-refractivity contribution in [3.63, 3.8) is 0 Å². The fourth-order valence-corrected chi connectivity index (χ4v) is 23.7. The number of aryl methyl sites for hydroxylation is 2. The molecule has 0 aromatic heterocycles. The number of hydrogen-bond acceptors (Lipinski definition) is 2. The first-order valence-corrected chi connectivity index (χ1v) is 27.6. The van der Waals surface area contributed by atoms with Crippen molar-refractivity contribution >= 4 is 95.9 Å². The highest BCUT2D eigenvalue weighted by atomic mass is 31.4. The summed E-state index contributed by atoms with van der Waals surface area (Å²) in [7, 11) is -4.84. The topological polar surface area (TPSA) is 24.1 Å². The van der Waals surface area contributed by atoms with Gasteiger partial charge in [0.15, 0.2) is 0 Å². The molecule has 2 nitrogen and oxygen atoms in total. The van der Waals surface area contributed by atoms with E-state index in [1.54, 1.807) is 0 Å². The van der Waals surface area contributed by atoms with Crippen LogP contribution in [0.15, 0.2) is 109 Å². The Morgan fingerprint density at radius 2 is 0.717 bits per heavy atom. The van der Waals surface area contributed by atoms with Crippen LogP contribution in [0, 0.1) is 13.8 Å². The van der Waals surface area contributed by atoms with Crippen molar-refractivity contribution in [3.8, 4) is 0 Å². The summed E-state index contributed by atoms with van der Waals surface area (Å²) in [5, 5.41) is 19.4. The van der Waals surface area contributed by atoms with Gasteiger partial charge in [-0.3, -0.25) is 0 Å². The SMILES string of the molecule is Cc1ccc2c(c1)Nc1cc(C)ccc1P([Si](C)(C)C)c1cc3ccccc3cc1Nc1cc3ccccc3cc1P2[Si](C)(C)C. The average molecular weight is 671 g/mol. The van der Waals surface area contributed by atoms with Crippen LogP contribution in [0.2, 0.25) is 39.3 Å². The van der Waals surface area contributed by atoms with Crippen molar-refractivity contribution in [2.24, 2.45) is 0 Å². The van der Waals surface area contributed by atoms with Crippen LogP contribution in [-0.2, 0) is 0 Å². The number of hydrogen-bond donors (Lipinski definition) is 2. The summed E-state index contributed by atoms with van der Waals surface area (Å²) in [6, 6.07) is 42.0. The third kappa shape index (κ3) is 5.86. The maximum absolute atomic E-state index is 4.19. The number of anilines is 4. The fourth-order valence-electron chi connectivity index (χ4n) is 6.91. The van der Waals surface area contributed by atoms with Crippen LogP contribution in [0.3, 0.4) is 0 Å². The zero-order chi connectivity index (χ0) is 32.4. The molecule has 2 N–H and O–H groups in total. The van der Waals surface area contributed by atoms with Gasteiger partial charge in [-0.15, -0.1) is 0 Å². The second-order valence-corrected chi connectivity index (χ2v) is 37.4. The molecule has 0 spiro atoms. The van der Waals surface area contributed by atoms with Crippen LogP contribution in [-0.4, -0.2) is 15.5 Å². The molecule has 0 amide bonds. The molecule has 0 bridgehead atoms. The Morgan fingerprint density at radius 1 is 0.391 bits per heavy atom. The number of benzene rings is 6. The monoisotopic (exact) mass is 670 g/mol. The summed E-state index contributed by atoms with van der Waals surface area (Å²) < 4.78 is 0. The Hall–Kier alpha value is -3.27. The summed E-state index contributed by atoms with van der Waals surface area (Å²) in [4.78, 5) is 0. The van der Waals surface area contributed by atoms with Gasteiger partial charge in [-0.2, -0.15) is 0 Å². The molecule has 6 heteroatoms. The Morgan fingerprint density at radius 3 is 1.07 bits per heavy atom. The van der Waals surface area contributed by atoms with Gasteiger partial charge in [0.2, 0.25) is 0 Å². The summed E-state index contributed by atoms with van der Waals surface area (Å²) >= 11 is 0. The van der Waals surface area contributed by atoms with Gasteiger partial charge in [0.25, 0.3) is 0 Å². The quantitative estimate of drug-likeness (QED) is 0.142. The molecule has 0 saturated heterocycles. The predicted molar refractivity (Wildman–Crippen MR) is 216 cm³/mol. The fraction of sp³-hybridized carbons (Fsp3) is 0.200. The van der Waals surface area contributed by atoms with Crippen molar-refractivity contribution < 1.29 is 0 Å². The van der Waals surface area contributed by atoms with Crippen molar-refractivity contribution in [1.29, 1.82) is 0 Å². The van der Waals surface area contributed by atoms with E-state index in [0.717, 1.165) is 0 Å². The van der Waals surface area contributed by atoms with Gasteiger partial charge in [-0.05, 0) is 93.5 Å². The smallest absolute Gasteiger partial charge is 0.0829 e. The lowest BCUT2D eigenvalue weighted by Gasteiger charge is -2.37. The Labute approximate surface area is 278 Å². The van der Waals surface area contributed by atoms with Crippen LogP contribution in [0.1, 0.15) is 11.1 Å². The molecule has 0 fully saturated rings. The van der Waals surface area contributed by atoms with E-state index in [2.05, 4.69) is 173 Å². The molecule has 1 heterocycles. The molecular weight excluding hydrogens is 627 g/mol. The van der Waals surface area contributed by atoms with Crippen LogP contribution >= 0.6 is 14.9 Å². The van der Waals surface area contributed by atoms with Crippen molar-refractivity contribution in [2.75, 3.05) is 10.6 Å². The molecule has 7 rings (SSSR count). The van der Waals surface area contributed by atoms with Gasteiger partial charge < -0.3 is 10.6 Å². The van der Waals surface area contributed by atoms with E-state index in [1.807, 2.05) is 0 Å². The van der Waals surface area contributed by atoms with Crippen LogP contribution in [0.5, 0.6) is 0 Å². The van der Waals surface area contributed by atoms with E-state index in [4.69, 9.17) is 0 Å². The predicted octanol–water partition coefficient (Wildman–Crippen LogP) is 10.9. The van der Waals surface area contributed by atoms with Crippen LogP contribution < -0.4 is 31.9 Å². The lowest BCUT2D eigenvalue weighted by atomic mass is 10.1. The molecule has 1 aliphatic rings. The molecule has 0 saturated carbocycles. The highest BCUT2D eigenvalue weighted by molar-refractivity contribution is 8.05. The van der Waals surface area contributed by atoms with Gasteiger partial charge in [0.1, 0.15) is 0 Å². The molecule has 0 radical (unpaired) electrons. The van der Waals surface area contributed by atoms with E-state index in [0.29, 0.717) is 0 Å². The van der Waals surface area contributed by atoms with E-state index in [-0.39, 0.29) is 0 Å². The molecule has 1 aliphatic heterocycles. The van der Waals surface area contributed by atoms with Gasteiger partial charge in [-0.25, -0.2) is 0 Å². The van der Waals surface area contributed by atoms with Crippen molar-refractivity contribution in [1.82, 2.24) is 0 Å². The summed E-state index contributed by atoms with van der Waals surface area (Å²) in [6.45, 7) is 19.8. The summed E-state index contributed by atoms with van der Waals surface area (Å²) in [5.74, 6) is 0. The molecule has 2 atom stereocenters. The van der Waals surface area contributed by atoms with Gasteiger partial charge in [-0.1, -0.05) is 127 Å². The van der Waals surface area contributed by atoms with Crippen LogP contribution in [0.25, 0.3) is 21.5 Å². The highest BCUT2D eigenvalue weighted by Gasteiger charge is 2.37. The minimum atomic E-state index is -1.77. The molecule has 0 aliphatic carbocycles. The maximum atomic E-state index is 4.19. The first kappa shape index (κ1) is 31.3. The number of fused-ring (bicyclic) bond motifs is 6. The zero-order valence-corrected chi connectivity index (χ0v) is 32.1. The largest absolute Gasteiger partial charge is 0.354 e. The maximum Gasteiger partial charge on any atom is 0.0829 e. The third-order valence-electron chi connectivity index (χ3n) is 8.88. The molecular formula is C40H44N2P2Si2. The van der Waals surface area contributed by atoms with Gasteiger partial charge >= 0.3 is 0 Å². The van der Waals surface area contributed by atoms with Crippen molar-refractivity contribution in [3.05, 3.63) is 120 Å². The highest BCUT2D eigenvalue weighted by Crippen LogP contribution is 2.52. The minimum Gasteiger partial charge on any atom is -0.354 e. The molecule has 46 heavy (non-hydrogen) atoms. The Balaban J connectivity index is 1.64. The first-order chi connectivity index (χ1) is 21.9. The molecule has 6 aromatic carbocycles. The van der Waals surface area contributed by atoms with Gasteiger partial charge in [0.05, 0.1) is 15.5 Å². The van der Waals surface area contributed by atoms with E-state index < -0.39 is 30.4 Å².